The van der Waals surface area contributed by atoms with Crippen LogP contribution in [0.15, 0.2) is 71.6 Å². The Bertz CT molecular complexity index is 1510. The number of aryl methyl sites for hydroxylation is 1. The SMILES string of the molecule is Cc1cccc(N(CC(=O)N(Cc2ccc(Cl)cc2Cl)[C@H](C)C(=O)NC2CCCC2)S(=O)(=O)c2ccc(Cl)cc2)c1. The average molecular weight is 637 g/mol. The molecule has 1 aliphatic rings. The van der Waals surface area contributed by atoms with Crippen LogP contribution in [0.1, 0.15) is 43.7 Å². The molecule has 1 fully saturated rings. The van der Waals surface area contributed by atoms with E-state index in [4.69, 9.17) is 34.8 Å². The van der Waals surface area contributed by atoms with Crippen LogP contribution in [0.5, 0.6) is 0 Å². The molecule has 41 heavy (non-hydrogen) atoms. The van der Waals surface area contributed by atoms with Crippen molar-refractivity contribution in [2.75, 3.05) is 10.8 Å². The van der Waals surface area contributed by atoms with E-state index in [0.29, 0.717) is 26.3 Å². The van der Waals surface area contributed by atoms with Crippen LogP contribution in [0.3, 0.4) is 0 Å². The van der Waals surface area contributed by atoms with Gasteiger partial charge in [0, 0.05) is 27.7 Å². The molecular formula is C30H32Cl3N3O4S. The Labute approximate surface area is 256 Å². The van der Waals surface area contributed by atoms with Gasteiger partial charge >= 0.3 is 0 Å². The fraction of sp³-hybridized carbons (Fsp3) is 0.333. The molecule has 11 heteroatoms. The van der Waals surface area contributed by atoms with Crippen molar-refractivity contribution in [2.24, 2.45) is 0 Å². The molecule has 218 valence electrons. The average Bonchev–Trinajstić information content (AvgIpc) is 3.44. The minimum Gasteiger partial charge on any atom is -0.352 e. The van der Waals surface area contributed by atoms with Gasteiger partial charge in [0.15, 0.2) is 0 Å². The summed E-state index contributed by atoms with van der Waals surface area (Å²) in [6, 6.07) is 16.7. The van der Waals surface area contributed by atoms with Crippen LogP contribution in [0.25, 0.3) is 0 Å². The number of rotatable bonds is 10. The molecule has 0 saturated heterocycles. The van der Waals surface area contributed by atoms with E-state index in [1.54, 1.807) is 43.3 Å². The second kappa shape index (κ2) is 13.5. The Balaban J connectivity index is 1.70. The molecule has 1 aliphatic carbocycles. The Morgan fingerprint density at radius 1 is 0.951 bits per heavy atom. The lowest BCUT2D eigenvalue weighted by Crippen LogP contribution is -2.52. The van der Waals surface area contributed by atoms with Gasteiger partial charge in [-0.1, -0.05) is 65.8 Å². The Morgan fingerprint density at radius 2 is 1.61 bits per heavy atom. The zero-order valence-electron chi connectivity index (χ0n) is 22.8. The van der Waals surface area contributed by atoms with Crippen LogP contribution in [-0.2, 0) is 26.2 Å². The normalized spacial score (nSPS) is 14.5. The van der Waals surface area contributed by atoms with E-state index in [2.05, 4.69) is 5.32 Å². The van der Waals surface area contributed by atoms with Crippen LogP contribution in [0.2, 0.25) is 15.1 Å². The van der Waals surface area contributed by atoms with Crippen molar-refractivity contribution in [2.45, 2.75) is 63.1 Å². The number of amides is 2. The highest BCUT2D eigenvalue weighted by molar-refractivity contribution is 7.92. The molecule has 1 atom stereocenters. The summed E-state index contributed by atoms with van der Waals surface area (Å²) in [5, 5.41) is 4.20. The highest BCUT2D eigenvalue weighted by Crippen LogP contribution is 2.28. The van der Waals surface area contributed by atoms with Gasteiger partial charge in [-0.05, 0) is 86.3 Å². The number of sulfonamides is 1. The number of hydrogen-bond donors (Lipinski definition) is 1. The van der Waals surface area contributed by atoms with Crippen LogP contribution in [-0.4, -0.2) is 43.8 Å². The van der Waals surface area contributed by atoms with Gasteiger partial charge in [-0.3, -0.25) is 13.9 Å². The lowest BCUT2D eigenvalue weighted by molar-refractivity contribution is -0.139. The number of nitrogens with zero attached hydrogens (tertiary/aromatic N) is 2. The third-order valence-electron chi connectivity index (χ3n) is 7.19. The smallest absolute Gasteiger partial charge is 0.264 e. The standard InChI is InChI=1S/C30H32Cl3N3O4S/c1-20-6-5-9-26(16-20)36(41(39,40)27-14-12-23(31)13-15-27)19-29(37)35(18-22-10-11-24(32)17-28(22)33)21(2)30(38)34-25-7-3-4-8-25/h5-6,9-17,21,25H,3-4,7-8,18-19H2,1-2H3,(H,34,38)/t21-/m1/s1. The van der Waals surface area contributed by atoms with Crippen molar-refractivity contribution < 1.29 is 18.0 Å². The van der Waals surface area contributed by atoms with Gasteiger partial charge in [-0.15, -0.1) is 0 Å². The summed E-state index contributed by atoms with van der Waals surface area (Å²) >= 11 is 18.5. The molecule has 0 heterocycles. The van der Waals surface area contributed by atoms with Crippen LogP contribution >= 0.6 is 34.8 Å². The molecule has 3 aromatic rings. The summed E-state index contributed by atoms with van der Waals surface area (Å²) in [4.78, 5) is 28.7. The summed E-state index contributed by atoms with van der Waals surface area (Å²) in [5.74, 6) is -0.873. The van der Waals surface area contributed by atoms with Crippen molar-refractivity contribution in [1.82, 2.24) is 10.2 Å². The molecule has 1 saturated carbocycles. The third kappa shape index (κ3) is 7.74. The molecule has 0 spiro atoms. The first-order valence-corrected chi connectivity index (χ1v) is 15.9. The van der Waals surface area contributed by atoms with Crippen molar-refractivity contribution in [3.05, 3.63) is 92.9 Å². The molecular weight excluding hydrogens is 605 g/mol. The number of halogens is 3. The summed E-state index contributed by atoms with van der Waals surface area (Å²) in [6.07, 6.45) is 3.85. The van der Waals surface area contributed by atoms with E-state index in [1.165, 1.54) is 29.2 Å². The molecule has 3 aromatic carbocycles. The van der Waals surface area contributed by atoms with Crippen molar-refractivity contribution in [3.8, 4) is 0 Å². The molecule has 4 rings (SSSR count). The molecule has 0 aliphatic heterocycles. The number of carbonyl (C=O) groups is 2. The fourth-order valence-corrected chi connectivity index (χ4v) is 6.85. The maximum absolute atomic E-state index is 14.1. The Morgan fingerprint density at radius 3 is 2.24 bits per heavy atom. The first-order valence-electron chi connectivity index (χ1n) is 13.3. The monoisotopic (exact) mass is 635 g/mol. The quantitative estimate of drug-likeness (QED) is 0.271. The molecule has 1 N–H and O–H groups in total. The number of carbonyl (C=O) groups excluding carboxylic acids is 2. The zero-order valence-corrected chi connectivity index (χ0v) is 25.9. The zero-order chi connectivity index (χ0) is 29.7. The van der Waals surface area contributed by atoms with Crippen molar-refractivity contribution >= 4 is 62.3 Å². The van der Waals surface area contributed by atoms with E-state index in [-0.39, 0.29) is 23.4 Å². The molecule has 0 bridgehead atoms. The fourth-order valence-electron chi connectivity index (χ4n) is 4.85. The van der Waals surface area contributed by atoms with Crippen LogP contribution in [0, 0.1) is 6.92 Å². The van der Waals surface area contributed by atoms with Crippen LogP contribution < -0.4 is 9.62 Å². The Hall–Kier alpha value is -2.78. The van der Waals surface area contributed by atoms with E-state index in [9.17, 15) is 18.0 Å². The third-order valence-corrected chi connectivity index (χ3v) is 9.82. The lowest BCUT2D eigenvalue weighted by Gasteiger charge is -2.32. The minimum atomic E-state index is -4.18. The molecule has 0 aromatic heterocycles. The molecule has 7 nitrogen and oxygen atoms in total. The minimum absolute atomic E-state index is 0.0171. The second-order valence-electron chi connectivity index (χ2n) is 10.2. The maximum Gasteiger partial charge on any atom is 0.264 e. The number of benzene rings is 3. The van der Waals surface area contributed by atoms with Gasteiger partial charge in [0.25, 0.3) is 10.0 Å². The molecule has 0 radical (unpaired) electrons. The summed E-state index contributed by atoms with van der Waals surface area (Å²) in [6.45, 7) is 2.91. The summed E-state index contributed by atoms with van der Waals surface area (Å²) in [7, 11) is -4.18. The van der Waals surface area contributed by atoms with Gasteiger partial charge < -0.3 is 10.2 Å². The molecule has 0 unspecified atom stereocenters. The second-order valence-corrected chi connectivity index (χ2v) is 13.4. The predicted octanol–water partition coefficient (Wildman–Crippen LogP) is 6.63. The summed E-state index contributed by atoms with van der Waals surface area (Å²) < 4.78 is 28.8. The van der Waals surface area contributed by atoms with Gasteiger partial charge in [-0.2, -0.15) is 0 Å². The maximum atomic E-state index is 14.1. The highest BCUT2D eigenvalue weighted by atomic mass is 35.5. The first-order chi connectivity index (χ1) is 19.5. The van der Waals surface area contributed by atoms with Gasteiger partial charge in [0.05, 0.1) is 10.6 Å². The number of anilines is 1. The van der Waals surface area contributed by atoms with Gasteiger partial charge in [0.2, 0.25) is 11.8 Å². The van der Waals surface area contributed by atoms with Gasteiger partial charge in [0.1, 0.15) is 12.6 Å². The van der Waals surface area contributed by atoms with E-state index < -0.39 is 28.5 Å². The van der Waals surface area contributed by atoms with Crippen molar-refractivity contribution in [1.29, 1.82) is 0 Å². The van der Waals surface area contributed by atoms with E-state index in [1.807, 2.05) is 13.0 Å². The van der Waals surface area contributed by atoms with E-state index >= 15 is 0 Å². The van der Waals surface area contributed by atoms with Crippen molar-refractivity contribution in [3.63, 3.8) is 0 Å². The largest absolute Gasteiger partial charge is 0.352 e. The lowest BCUT2D eigenvalue weighted by atomic mass is 10.1. The predicted molar refractivity (Wildman–Crippen MR) is 164 cm³/mol. The van der Waals surface area contributed by atoms with Gasteiger partial charge in [-0.25, -0.2) is 8.42 Å². The van der Waals surface area contributed by atoms with E-state index in [0.717, 1.165) is 35.6 Å². The number of hydrogen-bond acceptors (Lipinski definition) is 4. The molecule has 2 amide bonds. The van der Waals surface area contributed by atoms with Crippen LogP contribution in [0.4, 0.5) is 5.69 Å². The number of nitrogens with one attached hydrogen (secondary N) is 1. The topological polar surface area (TPSA) is 86.8 Å². The first kappa shape index (κ1) is 31.2. The highest BCUT2D eigenvalue weighted by Gasteiger charge is 2.33. The Kier molecular flexibility index (Phi) is 10.2. The summed E-state index contributed by atoms with van der Waals surface area (Å²) in [5.41, 5.74) is 1.72.